The summed E-state index contributed by atoms with van der Waals surface area (Å²) in [5.41, 5.74) is 6.80. The molecule has 0 saturated heterocycles. The van der Waals surface area contributed by atoms with Gasteiger partial charge in [-0.3, -0.25) is 4.79 Å². The number of nitrogens with two attached hydrogens (primary N) is 1. The molecule has 0 unspecified atom stereocenters. The Balaban J connectivity index is 2.86. The maximum Gasteiger partial charge on any atom is 0.221 e. The molecule has 0 heterocycles. The fourth-order valence-electron chi connectivity index (χ4n) is 0.918. The third-order valence-corrected chi connectivity index (χ3v) is 1.48. The van der Waals surface area contributed by atoms with Crippen LogP contribution in [0.1, 0.15) is 11.1 Å². The molecule has 0 atom stereocenters. The van der Waals surface area contributed by atoms with Gasteiger partial charge in [0.1, 0.15) is 0 Å². The third kappa shape index (κ3) is 2.08. The Kier molecular flexibility index (Phi) is 2.26. The van der Waals surface area contributed by atoms with Crippen molar-refractivity contribution < 1.29 is 4.79 Å². The van der Waals surface area contributed by atoms with Crippen molar-refractivity contribution in [2.75, 3.05) is 0 Å². The van der Waals surface area contributed by atoms with E-state index in [-0.39, 0.29) is 12.3 Å². The summed E-state index contributed by atoms with van der Waals surface area (Å²) in [6, 6.07) is 7.46. The van der Waals surface area contributed by atoms with Gasteiger partial charge in [0.05, 0.1) is 6.42 Å². The normalized spacial score (nSPS) is 9.55. The first kappa shape index (κ1) is 7.79. The van der Waals surface area contributed by atoms with Gasteiger partial charge >= 0.3 is 0 Å². The highest BCUT2D eigenvalue weighted by Gasteiger charge is 1.99. The molecule has 0 aliphatic carbocycles. The van der Waals surface area contributed by atoms with Crippen LogP contribution in [0.25, 0.3) is 0 Å². The minimum Gasteiger partial charge on any atom is -0.369 e. The minimum absolute atomic E-state index is 0.277. The highest BCUT2D eigenvalue weighted by molar-refractivity contribution is 5.77. The summed E-state index contributed by atoms with van der Waals surface area (Å²) < 4.78 is 0. The molecule has 1 aromatic rings. The van der Waals surface area contributed by atoms with E-state index < -0.39 is 0 Å². The number of benzene rings is 1. The van der Waals surface area contributed by atoms with Crippen LogP contribution in [0.4, 0.5) is 0 Å². The van der Waals surface area contributed by atoms with Crippen LogP contribution in [0.2, 0.25) is 0 Å². The van der Waals surface area contributed by atoms with E-state index >= 15 is 0 Å². The molecule has 57 valence electrons. The first-order valence-corrected chi connectivity index (χ1v) is 3.38. The molecule has 0 aliphatic rings. The van der Waals surface area contributed by atoms with Crippen LogP contribution in [0.5, 0.6) is 0 Å². The van der Waals surface area contributed by atoms with Crippen molar-refractivity contribution in [2.24, 2.45) is 5.73 Å². The Morgan fingerprint density at radius 3 is 2.64 bits per heavy atom. The molecule has 1 radical (unpaired) electrons. The lowest BCUT2D eigenvalue weighted by molar-refractivity contribution is -0.117. The zero-order valence-corrected chi connectivity index (χ0v) is 6.21. The van der Waals surface area contributed by atoms with Crippen LogP contribution in [-0.4, -0.2) is 5.91 Å². The average Bonchev–Trinajstić information content (AvgIpc) is 1.93. The number of rotatable bonds is 2. The molecule has 0 fully saturated rings. The quantitative estimate of drug-likeness (QED) is 0.665. The zero-order valence-electron chi connectivity index (χ0n) is 6.21. The first-order valence-electron chi connectivity index (χ1n) is 3.38. The van der Waals surface area contributed by atoms with E-state index in [0.717, 1.165) is 11.1 Å². The summed E-state index contributed by atoms with van der Waals surface area (Å²) in [5, 5.41) is 0. The predicted octanol–water partition coefficient (Wildman–Crippen LogP) is 0.897. The van der Waals surface area contributed by atoms with Crippen molar-refractivity contribution in [3.8, 4) is 0 Å². The molecule has 0 saturated carbocycles. The van der Waals surface area contributed by atoms with Gasteiger partial charge in [0, 0.05) is 0 Å². The Morgan fingerprint density at radius 2 is 2.09 bits per heavy atom. The molecular weight excluding hydrogens is 138 g/mol. The fraction of sp³-hybridized carbons (Fsp3) is 0.111. The van der Waals surface area contributed by atoms with Crippen molar-refractivity contribution in [3.05, 3.63) is 42.3 Å². The average molecular weight is 148 g/mol. The molecule has 0 aliphatic heterocycles. The van der Waals surface area contributed by atoms with Crippen LogP contribution >= 0.6 is 0 Å². The Morgan fingerprint density at radius 1 is 1.45 bits per heavy atom. The monoisotopic (exact) mass is 148 g/mol. The van der Waals surface area contributed by atoms with Gasteiger partial charge in [-0.05, 0) is 18.1 Å². The van der Waals surface area contributed by atoms with Gasteiger partial charge in [0.2, 0.25) is 5.91 Å². The standard InChI is InChI=1S/C9H10NO/c1-7-4-2-3-5-8(7)6-9(10)11/h2-5H,1,6H2,(H2,10,11). The number of carbonyl (C=O) groups excluding carboxylic acids is 1. The SMILES string of the molecule is [CH2]c1ccccc1CC(N)=O. The molecule has 2 heteroatoms. The third-order valence-electron chi connectivity index (χ3n) is 1.48. The maximum absolute atomic E-state index is 10.5. The Labute approximate surface area is 66.0 Å². The number of carbonyl (C=O) groups is 1. The van der Waals surface area contributed by atoms with E-state index in [1.165, 1.54) is 0 Å². The second-order valence-corrected chi connectivity index (χ2v) is 2.41. The summed E-state index contributed by atoms with van der Waals surface area (Å²) in [7, 11) is 0. The molecule has 0 spiro atoms. The molecule has 1 amide bonds. The molecular formula is C9H10NO. The van der Waals surface area contributed by atoms with Gasteiger partial charge < -0.3 is 5.73 Å². The molecule has 2 N–H and O–H groups in total. The molecule has 0 aromatic heterocycles. The number of hydrogen-bond donors (Lipinski definition) is 1. The number of hydrogen-bond acceptors (Lipinski definition) is 1. The van der Waals surface area contributed by atoms with Gasteiger partial charge in [-0.25, -0.2) is 0 Å². The van der Waals surface area contributed by atoms with Crippen LogP contribution in [0.15, 0.2) is 24.3 Å². The second kappa shape index (κ2) is 3.19. The van der Waals surface area contributed by atoms with E-state index in [2.05, 4.69) is 6.92 Å². The van der Waals surface area contributed by atoms with E-state index in [1.807, 2.05) is 24.3 Å². The lowest BCUT2D eigenvalue weighted by Gasteiger charge is -2.00. The Bertz CT molecular complexity index is 268. The molecule has 0 bridgehead atoms. The first-order chi connectivity index (χ1) is 5.20. The van der Waals surface area contributed by atoms with Crippen molar-refractivity contribution in [1.29, 1.82) is 0 Å². The topological polar surface area (TPSA) is 43.1 Å². The van der Waals surface area contributed by atoms with Crippen molar-refractivity contribution in [3.63, 3.8) is 0 Å². The van der Waals surface area contributed by atoms with Gasteiger partial charge in [0.25, 0.3) is 0 Å². The maximum atomic E-state index is 10.5. The summed E-state index contributed by atoms with van der Waals surface area (Å²) in [5.74, 6) is -0.318. The van der Waals surface area contributed by atoms with Gasteiger partial charge in [0.15, 0.2) is 0 Å². The van der Waals surface area contributed by atoms with Crippen molar-refractivity contribution >= 4 is 5.91 Å². The van der Waals surface area contributed by atoms with Crippen LogP contribution in [0.3, 0.4) is 0 Å². The molecule has 1 aromatic carbocycles. The van der Waals surface area contributed by atoms with E-state index in [1.54, 1.807) is 0 Å². The van der Waals surface area contributed by atoms with Gasteiger partial charge in [-0.2, -0.15) is 0 Å². The van der Waals surface area contributed by atoms with Crippen molar-refractivity contribution in [2.45, 2.75) is 6.42 Å². The fourth-order valence-corrected chi connectivity index (χ4v) is 0.918. The summed E-state index contributed by atoms with van der Waals surface area (Å²) in [4.78, 5) is 10.5. The van der Waals surface area contributed by atoms with Crippen LogP contribution in [-0.2, 0) is 11.2 Å². The van der Waals surface area contributed by atoms with Gasteiger partial charge in [-0.1, -0.05) is 24.3 Å². The molecule has 11 heavy (non-hydrogen) atoms. The number of amides is 1. The lowest BCUT2D eigenvalue weighted by Crippen LogP contribution is -2.14. The lowest BCUT2D eigenvalue weighted by atomic mass is 10.1. The summed E-state index contributed by atoms with van der Waals surface area (Å²) in [6.45, 7) is 3.77. The Hall–Kier alpha value is -1.31. The summed E-state index contributed by atoms with van der Waals surface area (Å²) >= 11 is 0. The predicted molar refractivity (Wildman–Crippen MR) is 43.8 cm³/mol. The second-order valence-electron chi connectivity index (χ2n) is 2.41. The van der Waals surface area contributed by atoms with Crippen LogP contribution < -0.4 is 5.73 Å². The highest BCUT2D eigenvalue weighted by Crippen LogP contribution is 2.06. The zero-order chi connectivity index (χ0) is 8.27. The van der Waals surface area contributed by atoms with E-state index in [9.17, 15) is 4.79 Å². The molecule has 2 nitrogen and oxygen atoms in total. The van der Waals surface area contributed by atoms with E-state index in [0.29, 0.717) is 0 Å². The minimum atomic E-state index is -0.318. The van der Waals surface area contributed by atoms with Crippen molar-refractivity contribution in [1.82, 2.24) is 0 Å². The largest absolute Gasteiger partial charge is 0.369 e. The van der Waals surface area contributed by atoms with E-state index in [4.69, 9.17) is 5.73 Å². The van der Waals surface area contributed by atoms with Crippen LogP contribution in [0, 0.1) is 6.92 Å². The molecule has 1 rings (SSSR count). The smallest absolute Gasteiger partial charge is 0.221 e. The summed E-state index contributed by atoms with van der Waals surface area (Å²) in [6.07, 6.45) is 0.277. The number of primary amides is 1. The van der Waals surface area contributed by atoms with Gasteiger partial charge in [-0.15, -0.1) is 0 Å². The highest BCUT2D eigenvalue weighted by atomic mass is 16.1.